The molecular formula is C18H26N6O2. The number of hydrogen-bond donors (Lipinski definition) is 2. The van der Waals surface area contributed by atoms with E-state index in [2.05, 4.69) is 21.7 Å². The maximum atomic E-state index is 12.2. The molecule has 0 spiro atoms. The Labute approximate surface area is 153 Å². The van der Waals surface area contributed by atoms with E-state index in [0.717, 1.165) is 35.6 Å². The van der Waals surface area contributed by atoms with Crippen molar-refractivity contribution >= 4 is 30.7 Å². The van der Waals surface area contributed by atoms with Crippen molar-refractivity contribution in [1.29, 1.82) is 0 Å². The Bertz CT molecular complexity index is 750. The van der Waals surface area contributed by atoms with Crippen LogP contribution >= 0.6 is 0 Å². The summed E-state index contributed by atoms with van der Waals surface area (Å²) < 4.78 is 5.46. The summed E-state index contributed by atoms with van der Waals surface area (Å²) in [6, 6.07) is 1.93. The fourth-order valence-corrected chi connectivity index (χ4v) is 3.30. The molecule has 1 aromatic rings. The van der Waals surface area contributed by atoms with Crippen molar-refractivity contribution in [1.82, 2.24) is 14.9 Å². The molecule has 1 amide bonds. The van der Waals surface area contributed by atoms with E-state index in [4.69, 9.17) is 10.6 Å². The zero-order valence-electron chi connectivity index (χ0n) is 15.5. The summed E-state index contributed by atoms with van der Waals surface area (Å²) in [6.45, 7) is 10.6. The van der Waals surface area contributed by atoms with Gasteiger partial charge < -0.3 is 14.6 Å². The molecular weight excluding hydrogens is 332 g/mol. The number of nitrogens with one attached hydrogen (secondary N) is 1. The molecule has 1 aromatic heterocycles. The van der Waals surface area contributed by atoms with Gasteiger partial charge >= 0.3 is 6.09 Å². The second-order valence-corrected chi connectivity index (χ2v) is 7.53. The minimum absolute atomic E-state index is 0.168. The average molecular weight is 358 g/mol. The largest absolute Gasteiger partial charge is 0.444 e. The van der Waals surface area contributed by atoms with Gasteiger partial charge in [-0.25, -0.2) is 15.6 Å². The lowest BCUT2D eigenvalue weighted by molar-refractivity contribution is 0.0194. The van der Waals surface area contributed by atoms with Gasteiger partial charge in [-0.2, -0.15) is 0 Å². The molecule has 1 fully saturated rings. The van der Waals surface area contributed by atoms with Gasteiger partial charge in [0.1, 0.15) is 17.8 Å². The van der Waals surface area contributed by atoms with Gasteiger partial charge in [-0.15, -0.1) is 0 Å². The van der Waals surface area contributed by atoms with Crippen LogP contribution < -0.4 is 5.84 Å². The Morgan fingerprint density at radius 3 is 2.73 bits per heavy atom. The Kier molecular flexibility index (Phi) is 4.86. The molecule has 2 aliphatic rings. The number of ether oxygens (including phenoxy) is 1. The number of aliphatic imine (C=N–C) groups is 2. The van der Waals surface area contributed by atoms with Gasteiger partial charge in [0.15, 0.2) is 0 Å². The van der Waals surface area contributed by atoms with Crippen molar-refractivity contribution in [3.63, 3.8) is 0 Å². The maximum absolute atomic E-state index is 12.2. The number of fused-ring (bicyclic) bond motifs is 1. The third kappa shape index (κ3) is 3.65. The molecule has 0 radical (unpaired) electrons. The molecule has 8 heteroatoms. The quantitative estimate of drug-likeness (QED) is 0.627. The van der Waals surface area contributed by atoms with Crippen LogP contribution in [0.4, 0.5) is 10.6 Å². The Morgan fingerprint density at radius 2 is 2.12 bits per heavy atom. The number of hydrogen-bond acceptors (Lipinski definition) is 6. The number of carbonyl (C=O) groups is 1. The standard InChI is InChI=1S/C18H26N6O2/c1-18(2,3)26-17(25)23-9-6-12(7-10-23)14(20-4)15-13-5-8-21-16(13)22-11-24(15)19/h5,8,11-12,21H,4,6-7,9-10,19H2,1-3H3/b15-14-. The van der Waals surface area contributed by atoms with Gasteiger partial charge in [-0.3, -0.25) is 10.0 Å². The number of amides is 1. The van der Waals surface area contributed by atoms with Crippen molar-refractivity contribution in [3.8, 4) is 0 Å². The van der Waals surface area contributed by atoms with Crippen LogP contribution in [0.25, 0.3) is 5.70 Å². The lowest BCUT2D eigenvalue weighted by atomic mass is 9.91. The summed E-state index contributed by atoms with van der Waals surface area (Å²) in [5.74, 6) is 7.05. The first-order chi connectivity index (χ1) is 12.3. The van der Waals surface area contributed by atoms with E-state index in [1.54, 1.807) is 11.2 Å². The van der Waals surface area contributed by atoms with E-state index < -0.39 is 5.60 Å². The van der Waals surface area contributed by atoms with E-state index >= 15 is 0 Å². The van der Waals surface area contributed by atoms with Gasteiger partial charge in [0.2, 0.25) is 0 Å². The molecule has 3 rings (SSSR count). The molecule has 0 aromatic carbocycles. The van der Waals surface area contributed by atoms with E-state index in [1.807, 2.05) is 33.0 Å². The number of allylic oxidation sites excluding steroid dienone is 1. The number of aromatic amines is 1. The molecule has 0 unspecified atom stereocenters. The van der Waals surface area contributed by atoms with Crippen molar-refractivity contribution in [3.05, 3.63) is 23.5 Å². The van der Waals surface area contributed by atoms with Crippen LogP contribution in [0.1, 0.15) is 39.2 Å². The molecule has 0 bridgehead atoms. The van der Waals surface area contributed by atoms with Crippen LogP contribution in [0.3, 0.4) is 0 Å². The first-order valence-electron chi connectivity index (χ1n) is 8.75. The number of carbonyl (C=O) groups excluding carboxylic acids is 1. The minimum atomic E-state index is -0.490. The fraction of sp³-hybridized carbons (Fsp3) is 0.500. The van der Waals surface area contributed by atoms with Crippen molar-refractivity contribution in [2.24, 2.45) is 21.7 Å². The zero-order valence-corrected chi connectivity index (χ0v) is 15.5. The van der Waals surface area contributed by atoms with Crippen LogP contribution in [0.2, 0.25) is 0 Å². The minimum Gasteiger partial charge on any atom is -0.444 e. The lowest BCUT2D eigenvalue weighted by Gasteiger charge is -2.34. The Hall–Kier alpha value is -2.61. The van der Waals surface area contributed by atoms with Gasteiger partial charge in [0.25, 0.3) is 0 Å². The van der Waals surface area contributed by atoms with Gasteiger partial charge in [-0.1, -0.05) is 0 Å². The van der Waals surface area contributed by atoms with Crippen LogP contribution in [0.5, 0.6) is 0 Å². The monoisotopic (exact) mass is 358 g/mol. The third-order valence-electron chi connectivity index (χ3n) is 4.50. The van der Waals surface area contributed by atoms with Gasteiger partial charge in [0, 0.05) is 30.8 Å². The van der Waals surface area contributed by atoms with Crippen LogP contribution in [0.15, 0.2) is 27.9 Å². The predicted octanol–water partition coefficient (Wildman–Crippen LogP) is 2.88. The average Bonchev–Trinajstić information content (AvgIpc) is 3.05. The van der Waals surface area contributed by atoms with E-state index in [9.17, 15) is 4.79 Å². The SMILES string of the molecule is C=N/C(=C1/c2cc[nH]c2N=CN1N)C1CCN(C(=O)OC(C)(C)C)CC1. The number of rotatable bonds is 2. The zero-order chi connectivity index (χ0) is 18.9. The third-order valence-corrected chi connectivity index (χ3v) is 4.50. The number of nitrogens with two attached hydrogens (primary N) is 1. The molecule has 1 saturated heterocycles. The number of aromatic nitrogens is 1. The number of hydrazine groups is 1. The highest BCUT2D eigenvalue weighted by atomic mass is 16.6. The summed E-state index contributed by atoms with van der Waals surface area (Å²) in [6.07, 6.45) is 4.68. The first-order valence-corrected chi connectivity index (χ1v) is 8.75. The molecule has 0 aliphatic carbocycles. The summed E-state index contributed by atoms with van der Waals surface area (Å²) in [7, 11) is 0. The summed E-state index contributed by atoms with van der Waals surface area (Å²) >= 11 is 0. The smallest absolute Gasteiger partial charge is 0.410 e. The van der Waals surface area contributed by atoms with E-state index in [0.29, 0.717) is 13.1 Å². The number of H-pyrrole nitrogens is 1. The summed E-state index contributed by atoms with van der Waals surface area (Å²) in [4.78, 5) is 25.6. The molecule has 8 nitrogen and oxygen atoms in total. The number of nitrogens with zero attached hydrogens (tertiary/aromatic N) is 4. The number of piperidine rings is 1. The summed E-state index contributed by atoms with van der Waals surface area (Å²) in [5, 5.41) is 1.49. The van der Waals surface area contributed by atoms with Crippen LogP contribution in [0, 0.1) is 5.92 Å². The van der Waals surface area contributed by atoms with Crippen LogP contribution in [-0.4, -0.2) is 52.7 Å². The molecule has 3 heterocycles. The molecule has 0 saturated carbocycles. The van der Waals surface area contributed by atoms with E-state index in [-0.39, 0.29) is 12.0 Å². The Balaban J connectivity index is 1.77. The van der Waals surface area contributed by atoms with E-state index in [1.165, 1.54) is 5.01 Å². The molecule has 2 aliphatic heterocycles. The maximum Gasteiger partial charge on any atom is 0.410 e. The lowest BCUT2D eigenvalue weighted by Crippen LogP contribution is -2.42. The highest BCUT2D eigenvalue weighted by Crippen LogP contribution is 2.37. The molecule has 140 valence electrons. The van der Waals surface area contributed by atoms with Crippen molar-refractivity contribution < 1.29 is 9.53 Å². The van der Waals surface area contributed by atoms with Crippen LogP contribution in [-0.2, 0) is 4.74 Å². The number of likely N-dealkylation sites (tertiary alicyclic amines) is 1. The molecule has 26 heavy (non-hydrogen) atoms. The predicted molar refractivity (Wildman–Crippen MR) is 102 cm³/mol. The first kappa shape index (κ1) is 18.2. The van der Waals surface area contributed by atoms with Crippen molar-refractivity contribution in [2.75, 3.05) is 13.1 Å². The second kappa shape index (κ2) is 6.95. The normalized spacial score (nSPS) is 20.0. The second-order valence-electron chi connectivity index (χ2n) is 7.53. The topological polar surface area (TPSA) is 99.3 Å². The highest BCUT2D eigenvalue weighted by Gasteiger charge is 2.31. The van der Waals surface area contributed by atoms with Gasteiger partial charge in [-0.05, 0) is 46.4 Å². The summed E-state index contributed by atoms with van der Waals surface area (Å²) in [5.41, 5.74) is 2.06. The van der Waals surface area contributed by atoms with Crippen molar-refractivity contribution in [2.45, 2.75) is 39.2 Å². The van der Waals surface area contributed by atoms with Gasteiger partial charge in [0.05, 0.1) is 11.4 Å². The highest BCUT2D eigenvalue weighted by molar-refractivity contribution is 5.87. The molecule has 0 atom stereocenters. The Morgan fingerprint density at radius 1 is 1.42 bits per heavy atom. The molecule has 3 N–H and O–H groups in total. The fourth-order valence-electron chi connectivity index (χ4n) is 3.30.